The molecule has 0 spiro atoms. The molecule has 1 nitrogen and oxygen atoms in total. The second-order valence-corrected chi connectivity index (χ2v) is 4.30. The van der Waals surface area contributed by atoms with Gasteiger partial charge in [0.2, 0.25) is 0 Å². The number of pyridine rings is 1. The van der Waals surface area contributed by atoms with E-state index in [0.29, 0.717) is 5.69 Å². The van der Waals surface area contributed by atoms with Crippen LogP contribution in [0.1, 0.15) is 49.3 Å². The van der Waals surface area contributed by atoms with E-state index in [2.05, 4.69) is 4.98 Å². The zero-order chi connectivity index (χ0) is 11.6. The van der Waals surface area contributed by atoms with Crippen LogP contribution in [0.4, 0.5) is 13.2 Å². The van der Waals surface area contributed by atoms with Crippen LogP contribution in [-0.2, 0) is 6.18 Å². The van der Waals surface area contributed by atoms with Gasteiger partial charge in [0.05, 0.1) is 5.56 Å². The number of rotatable bonds is 1. The molecule has 0 aromatic carbocycles. The molecule has 1 aromatic heterocycles. The first-order valence-electron chi connectivity index (χ1n) is 5.60. The van der Waals surface area contributed by atoms with Gasteiger partial charge in [-0.25, -0.2) is 0 Å². The highest BCUT2D eigenvalue weighted by Crippen LogP contribution is 2.34. The zero-order valence-corrected chi connectivity index (χ0v) is 8.93. The Balaban J connectivity index is 2.21. The summed E-state index contributed by atoms with van der Waals surface area (Å²) >= 11 is 0. The van der Waals surface area contributed by atoms with Crippen molar-refractivity contribution in [2.45, 2.75) is 44.2 Å². The highest BCUT2D eigenvalue weighted by molar-refractivity contribution is 5.22. The summed E-state index contributed by atoms with van der Waals surface area (Å²) in [5.41, 5.74) is 0.0256. The lowest BCUT2D eigenvalue weighted by Gasteiger charge is -2.21. The van der Waals surface area contributed by atoms with Gasteiger partial charge in [0.1, 0.15) is 0 Å². The molecule has 0 saturated heterocycles. The molecule has 1 aliphatic carbocycles. The first-order valence-corrected chi connectivity index (χ1v) is 5.60. The van der Waals surface area contributed by atoms with Crippen LogP contribution >= 0.6 is 0 Å². The third kappa shape index (κ3) is 2.54. The monoisotopic (exact) mass is 229 g/mol. The first-order chi connectivity index (χ1) is 7.57. The Labute approximate surface area is 92.7 Å². The average molecular weight is 229 g/mol. The molecule has 1 aromatic rings. The fraction of sp³-hybridized carbons (Fsp3) is 0.583. The molecule has 1 heterocycles. The topological polar surface area (TPSA) is 12.9 Å². The molecule has 0 amide bonds. The fourth-order valence-corrected chi connectivity index (χ4v) is 2.25. The smallest absolute Gasteiger partial charge is 0.261 e. The highest BCUT2D eigenvalue weighted by Gasteiger charge is 2.31. The van der Waals surface area contributed by atoms with Gasteiger partial charge in [0.15, 0.2) is 0 Å². The molecule has 0 radical (unpaired) electrons. The van der Waals surface area contributed by atoms with Crippen LogP contribution < -0.4 is 0 Å². The molecule has 88 valence electrons. The number of halogens is 3. The van der Waals surface area contributed by atoms with E-state index >= 15 is 0 Å². The van der Waals surface area contributed by atoms with E-state index in [1.54, 1.807) is 0 Å². The maximum atomic E-state index is 12.5. The summed E-state index contributed by atoms with van der Waals surface area (Å²) in [5.74, 6) is 0.219. The molecule has 4 heteroatoms. The predicted molar refractivity (Wildman–Crippen MR) is 55.1 cm³/mol. The van der Waals surface area contributed by atoms with Crippen molar-refractivity contribution in [3.8, 4) is 0 Å². The van der Waals surface area contributed by atoms with Crippen LogP contribution in [0.25, 0.3) is 0 Å². The van der Waals surface area contributed by atoms with E-state index in [9.17, 15) is 13.2 Å². The lowest BCUT2D eigenvalue weighted by molar-refractivity contribution is -0.137. The van der Waals surface area contributed by atoms with E-state index in [1.165, 1.54) is 18.7 Å². The molecule has 0 atom stereocenters. The van der Waals surface area contributed by atoms with Gasteiger partial charge in [-0.3, -0.25) is 4.98 Å². The first kappa shape index (κ1) is 11.4. The molecule has 1 aliphatic rings. The zero-order valence-electron chi connectivity index (χ0n) is 8.93. The van der Waals surface area contributed by atoms with Crippen LogP contribution in [0.5, 0.6) is 0 Å². The minimum absolute atomic E-state index is 0.219. The van der Waals surface area contributed by atoms with Crippen LogP contribution in [0, 0.1) is 0 Å². The van der Waals surface area contributed by atoms with Gasteiger partial charge in [-0.15, -0.1) is 0 Å². The highest BCUT2D eigenvalue weighted by atomic mass is 19.4. The summed E-state index contributed by atoms with van der Waals surface area (Å²) in [5, 5.41) is 0. The van der Waals surface area contributed by atoms with Gasteiger partial charge >= 0.3 is 6.18 Å². The SMILES string of the molecule is FC(F)(F)c1ccnc(C2CCCCC2)c1. The van der Waals surface area contributed by atoms with E-state index in [-0.39, 0.29) is 5.92 Å². The summed E-state index contributed by atoms with van der Waals surface area (Å²) in [6.45, 7) is 0. The lowest BCUT2D eigenvalue weighted by Crippen LogP contribution is -2.10. The van der Waals surface area contributed by atoms with Crippen molar-refractivity contribution in [3.63, 3.8) is 0 Å². The Morgan fingerprint density at radius 3 is 2.44 bits per heavy atom. The van der Waals surface area contributed by atoms with E-state index in [4.69, 9.17) is 0 Å². The maximum absolute atomic E-state index is 12.5. The van der Waals surface area contributed by atoms with Gasteiger partial charge in [-0.05, 0) is 25.0 Å². The Bertz CT molecular complexity index is 354. The minimum Gasteiger partial charge on any atom is -0.261 e. The van der Waals surface area contributed by atoms with Crippen molar-refractivity contribution < 1.29 is 13.2 Å². The maximum Gasteiger partial charge on any atom is 0.416 e. The van der Waals surface area contributed by atoms with Crippen molar-refractivity contribution in [2.24, 2.45) is 0 Å². The Morgan fingerprint density at radius 1 is 1.12 bits per heavy atom. The van der Waals surface area contributed by atoms with Crippen molar-refractivity contribution in [3.05, 3.63) is 29.6 Å². The number of alkyl halides is 3. The van der Waals surface area contributed by atoms with Crippen molar-refractivity contribution >= 4 is 0 Å². The van der Waals surface area contributed by atoms with E-state index in [0.717, 1.165) is 31.7 Å². The molecule has 2 rings (SSSR count). The molecule has 0 unspecified atom stereocenters. The van der Waals surface area contributed by atoms with Crippen LogP contribution in [-0.4, -0.2) is 4.98 Å². The number of hydrogen-bond acceptors (Lipinski definition) is 1. The molecular formula is C12H14F3N. The minimum atomic E-state index is -4.26. The Hall–Kier alpha value is -1.06. The molecule has 16 heavy (non-hydrogen) atoms. The Kier molecular flexibility index (Phi) is 3.17. The summed E-state index contributed by atoms with van der Waals surface area (Å²) in [6, 6.07) is 2.24. The van der Waals surface area contributed by atoms with Crippen molar-refractivity contribution in [1.82, 2.24) is 4.98 Å². The Morgan fingerprint density at radius 2 is 1.81 bits per heavy atom. The molecular weight excluding hydrogens is 215 g/mol. The predicted octanol–water partition coefficient (Wildman–Crippen LogP) is 4.15. The van der Waals surface area contributed by atoms with Gasteiger partial charge in [-0.1, -0.05) is 19.3 Å². The van der Waals surface area contributed by atoms with Crippen LogP contribution in [0.3, 0.4) is 0 Å². The number of nitrogens with zero attached hydrogens (tertiary/aromatic N) is 1. The standard InChI is InChI=1S/C12H14F3N/c13-12(14,15)10-6-7-16-11(8-10)9-4-2-1-3-5-9/h6-9H,1-5H2. The molecule has 0 aliphatic heterocycles. The second kappa shape index (κ2) is 4.44. The molecule has 0 N–H and O–H groups in total. The number of hydrogen-bond donors (Lipinski definition) is 0. The van der Waals surface area contributed by atoms with Gasteiger partial charge in [0, 0.05) is 17.8 Å². The second-order valence-electron chi connectivity index (χ2n) is 4.30. The third-order valence-electron chi connectivity index (χ3n) is 3.13. The normalized spacial score (nSPS) is 18.7. The van der Waals surface area contributed by atoms with Crippen LogP contribution in [0.2, 0.25) is 0 Å². The van der Waals surface area contributed by atoms with E-state index in [1.807, 2.05) is 0 Å². The largest absolute Gasteiger partial charge is 0.416 e. The fourth-order valence-electron chi connectivity index (χ4n) is 2.25. The quantitative estimate of drug-likeness (QED) is 0.705. The van der Waals surface area contributed by atoms with Gasteiger partial charge < -0.3 is 0 Å². The summed E-state index contributed by atoms with van der Waals surface area (Å²) in [4.78, 5) is 4.08. The number of aromatic nitrogens is 1. The third-order valence-corrected chi connectivity index (χ3v) is 3.13. The summed E-state index contributed by atoms with van der Waals surface area (Å²) in [7, 11) is 0. The lowest BCUT2D eigenvalue weighted by atomic mass is 9.86. The molecule has 1 fully saturated rings. The van der Waals surface area contributed by atoms with Gasteiger partial charge in [0.25, 0.3) is 0 Å². The average Bonchev–Trinajstić information content (AvgIpc) is 2.29. The van der Waals surface area contributed by atoms with E-state index < -0.39 is 11.7 Å². The van der Waals surface area contributed by atoms with Crippen LogP contribution in [0.15, 0.2) is 18.3 Å². The van der Waals surface area contributed by atoms with Crippen molar-refractivity contribution in [2.75, 3.05) is 0 Å². The summed E-state index contributed by atoms with van der Waals surface area (Å²) in [6.07, 6.45) is 2.34. The summed E-state index contributed by atoms with van der Waals surface area (Å²) < 4.78 is 37.5. The van der Waals surface area contributed by atoms with Crippen molar-refractivity contribution in [1.29, 1.82) is 0 Å². The molecule has 0 bridgehead atoms. The molecule has 1 saturated carbocycles. The van der Waals surface area contributed by atoms with Gasteiger partial charge in [-0.2, -0.15) is 13.2 Å².